The molecule has 1 rings (SSSR count). The summed E-state index contributed by atoms with van der Waals surface area (Å²) in [6.45, 7) is 0. The number of hydrogen-bond acceptors (Lipinski definition) is 1. The molecule has 0 heterocycles. The van der Waals surface area contributed by atoms with Crippen molar-refractivity contribution in [2.24, 2.45) is 0 Å². The number of allylic oxidation sites excluding steroid dienone is 2. The van der Waals surface area contributed by atoms with E-state index in [0.29, 0.717) is 12.0 Å². The van der Waals surface area contributed by atoms with Crippen molar-refractivity contribution in [3.63, 3.8) is 0 Å². The van der Waals surface area contributed by atoms with Crippen molar-refractivity contribution < 1.29 is 18.0 Å². The van der Waals surface area contributed by atoms with Gasteiger partial charge >= 0.3 is 6.18 Å². The maximum Gasteiger partial charge on any atom is 0.396 e. The van der Waals surface area contributed by atoms with E-state index >= 15 is 0 Å². The van der Waals surface area contributed by atoms with E-state index in [1.54, 1.807) is 6.08 Å². The van der Waals surface area contributed by atoms with Crippen LogP contribution in [0.2, 0.25) is 0 Å². The summed E-state index contributed by atoms with van der Waals surface area (Å²) in [5, 5.41) is 0. The molecule has 0 atom stereocenters. The summed E-state index contributed by atoms with van der Waals surface area (Å²) < 4.78 is 35.1. The van der Waals surface area contributed by atoms with E-state index in [1.807, 2.05) is 0 Å². The van der Waals surface area contributed by atoms with Crippen LogP contribution in [-0.4, -0.2) is 12.0 Å². The standard InChI is InChI=1S/C8H9F3O/c9-8(10,11)5-7(12)6-3-1-2-4-6/h3H,1-2,4-5H2. The Kier molecular flexibility index (Phi) is 2.55. The lowest BCUT2D eigenvalue weighted by molar-refractivity contribution is -0.149. The van der Waals surface area contributed by atoms with Gasteiger partial charge in [0, 0.05) is 0 Å². The zero-order chi connectivity index (χ0) is 9.19. The monoisotopic (exact) mass is 178 g/mol. The highest BCUT2D eigenvalue weighted by Crippen LogP contribution is 2.26. The van der Waals surface area contributed by atoms with Crippen LogP contribution in [0.4, 0.5) is 13.2 Å². The highest BCUT2D eigenvalue weighted by Gasteiger charge is 2.32. The van der Waals surface area contributed by atoms with Crippen molar-refractivity contribution in [3.8, 4) is 0 Å². The summed E-state index contributed by atoms with van der Waals surface area (Å²) in [5.74, 6) is -0.764. The fraction of sp³-hybridized carbons (Fsp3) is 0.625. The number of ketones is 1. The van der Waals surface area contributed by atoms with Crippen LogP contribution in [0.3, 0.4) is 0 Å². The van der Waals surface area contributed by atoms with Gasteiger partial charge in [0.2, 0.25) is 0 Å². The maximum absolute atomic E-state index is 11.7. The van der Waals surface area contributed by atoms with E-state index in [2.05, 4.69) is 0 Å². The molecule has 0 saturated heterocycles. The Morgan fingerprint density at radius 3 is 2.58 bits per heavy atom. The Morgan fingerprint density at radius 1 is 1.50 bits per heavy atom. The lowest BCUT2D eigenvalue weighted by atomic mass is 10.1. The number of carbonyl (C=O) groups is 1. The van der Waals surface area contributed by atoms with Crippen LogP contribution in [0.5, 0.6) is 0 Å². The van der Waals surface area contributed by atoms with Gasteiger partial charge in [-0.1, -0.05) is 6.08 Å². The van der Waals surface area contributed by atoms with Gasteiger partial charge in [-0.05, 0) is 24.8 Å². The summed E-state index contributed by atoms with van der Waals surface area (Å²) >= 11 is 0. The first-order valence-corrected chi connectivity index (χ1v) is 3.78. The molecule has 4 heteroatoms. The molecule has 0 N–H and O–H groups in total. The molecule has 0 unspecified atom stereocenters. The molecule has 0 radical (unpaired) electrons. The smallest absolute Gasteiger partial charge is 0.294 e. The summed E-state index contributed by atoms with van der Waals surface area (Å²) in [5.41, 5.74) is 0.354. The van der Waals surface area contributed by atoms with E-state index in [-0.39, 0.29) is 0 Å². The fourth-order valence-electron chi connectivity index (χ4n) is 1.22. The topological polar surface area (TPSA) is 17.1 Å². The first-order valence-electron chi connectivity index (χ1n) is 3.78. The van der Waals surface area contributed by atoms with Crippen LogP contribution in [0, 0.1) is 0 Å². The third-order valence-corrected chi connectivity index (χ3v) is 1.76. The molecular formula is C8H9F3O. The Balaban J connectivity index is 2.49. The van der Waals surface area contributed by atoms with Crippen molar-refractivity contribution in [2.45, 2.75) is 31.9 Å². The number of alkyl halides is 3. The predicted molar refractivity (Wildman–Crippen MR) is 37.6 cm³/mol. The lowest BCUT2D eigenvalue weighted by Crippen LogP contribution is -2.15. The zero-order valence-electron chi connectivity index (χ0n) is 6.45. The molecule has 1 nitrogen and oxygen atoms in total. The number of carbonyl (C=O) groups excluding carboxylic acids is 1. The molecule has 0 aromatic rings. The van der Waals surface area contributed by atoms with Gasteiger partial charge in [0.1, 0.15) is 6.42 Å². The largest absolute Gasteiger partial charge is 0.396 e. The average molecular weight is 178 g/mol. The van der Waals surface area contributed by atoms with Gasteiger partial charge in [-0.3, -0.25) is 4.79 Å². The summed E-state index contributed by atoms with van der Waals surface area (Å²) in [6.07, 6.45) is -2.01. The average Bonchev–Trinajstić information content (AvgIpc) is 2.32. The second-order valence-electron chi connectivity index (χ2n) is 2.84. The molecule has 0 fully saturated rings. The predicted octanol–water partition coefficient (Wildman–Crippen LogP) is 2.62. The summed E-state index contributed by atoms with van der Waals surface area (Å²) in [6, 6.07) is 0. The van der Waals surface area contributed by atoms with Crippen LogP contribution >= 0.6 is 0 Å². The molecular weight excluding hydrogens is 169 g/mol. The van der Waals surface area contributed by atoms with Gasteiger partial charge in [0.15, 0.2) is 5.78 Å². The molecule has 0 spiro atoms. The molecule has 1 aliphatic carbocycles. The van der Waals surface area contributed by atoms with Crippen LogP contribution in [0.25, 0.3) is 0 Å². The molecule has 68 valence electrons. The SMILES string of the molecule is O=C(CC(F)(F)F)C1=CCCC1. The lowest BCUT2D eigenvalue weighted by Gasteiger charge is -2.04. The van der Waals surface area contributed by atoms with Gasteiger partial charge in [-0.2, -0.15) is 13.2 Å². The summed E-state index contributed by atoms with van der Waals surface area (Å²) in [7, 11) is 0. The van der Waals surface area contributed by atoms with Crippen LogP contribution in [-0.2, 0) is 4.79 Å². The van der Waals surface area contributed by atoms with Gasteiger partial charge in [0.25, 0.3) is 0 Å². The highest BCUT2D eigenvalue weighted by molar-refractivity contribution is 5.96. The molecule has 0 aromatic carbocycles. The minimum absolute atomic E-state index is 0.354. The third kappa shape index (κ3) is 2.68. The molecule has 0 aliphatic heterocycles. The van der Waals surface area contributed by atoms with Crippen LogP contribution in [0.1, 0.15) is 25.7 Å². The number of hydrogen-bond donors (Lipinski definition) is 0. The van der Waals surface area contributed by atoms with Crippen molar-refractivity contribution in [1.29, 1.82) is 0 Å². The van der Waals surface area contributed by atoms with E-state index in [0.717, 1.165) is 12.8 Å². The minimum Gasteiger partial charge on any atom is -0.294 e. The number of Topliss-reactive ketones (excluding diaryl/α,β-unsaturated/α-hetero) is 1. The van der Waals surface area contributed by atoms with E-state index in [9.17, 15) is 18.0 Å². The van der Waals surface area contributed by atoms with Gasteiger partial charge in [-0.15, -0.1) is 0 Å². The Morgan fingerprint density at radius 2 is 2.17 bits per heavy atom. The molecule has 12 heavy (non-hydrogen) atoms. The second-order valence-corrected chi connectivity index (χ2v) is 2.84. The molecule has 1 aliphatic rings. The first kappa shape index (κ1) is 9.29. The normalized spacial score (nSPS) is 17.8. The van der Waals surface area contributed by atoms with Crippen molar-refractivity contribution in [3.05, 3.63) is 11.6 Å². The van der Waals surface area contributed by atoms with Crippen LogP contribution < -0.4 is 0 Å². The Bertz CT molecular complexity index is 215. The molecule has 0 amide bonds. The third-order valence-electron chi connectivity index (χ3n) is 1.76. The number of halogens is 3. The van der Waals surface area contributed by atoms with Crippen molar-refractivity contribution in [2.75, 3.05) is 0 Å². The minimum atomic E-state index is -4.36. The quantitative estimate of drug-likeness (QED) is 0.635. The first-order chi connectivity index (χ1) is 5.49. The molecule has 0 aromatic heterocycles. The maximum atomic E-state index is 11.7. The zero-order valence-corrected chi connectivity index (χ0v) is 6.45. The second kappa shape index (κ2) is 3.29. The molecule has 0 bridgehead atoms. The van der Waals surface area contributed by atoms with E-state index in [1.165, 1.54) is 0 Å². The Hall–Kier alpha value is -0.800. The van der Waals surface area contributed by atoms with E-state index in [4.69, 9.17) is 0 Å². The van der Waals surface area contributed by atoms with Gasteiger partial charge in [0.05, 0.1) is 0 Å². The molecule has 0 saturated carbocycles. The summed E-state index contributed by atoms with van der Waals surface area (Å²) in [4.78, 5) is 10.9. The van der Waals surface area contributed by atoms with Gasteiger partial charge < -0.3 is 0 Å². The fourth-order valence-corrected chi connectivity index (χ4v) is 1.22. The highest BCUT2D eigenvalue weighted by atomic mass is 19.4. The number of rotatable bonds is 2. The van der Waals surface area contributed by atoms with E-state index < -0.39 is 18.4 Å². The van der Waals surface area contributed by atoms with Gasteiger partial charge in [-0.25, -0.2) is 0 Å². The van der Waals surface area contributed by atoms with Crippen molar-refractivity contribution >= 4 is 5.78 Å². The van der Waals surface area contributed by atoms with Crippen LogP contribution in [0.15, 0.2) is 11.6 Å². The van der Waals surface area contributed by atoms with Crippen molar-refractivity contribution in [1.82, 2.24) is 0 Å². The Labute approximate surface area is 68.3 Å².